The summed E-state index contributed by atoms with van der Waals surface area (Å²) in [6, 6.07) is 18.3. The van der Waals surface area contributed by atoms with Gasteiger partial charge in [0.25, 0.3) is 0 Å². The van der Waals surface area contributed by atoms with Crippen LogP contribution < -0.4 is 4.74 Å². The molecule has 0 N–H and O–H groups in total. The summed E-state index contributed by atoms with van der Waals surface area (Å²) in [7, 11) is 0. The number of benzene rings is 2. The van der Waals surface area contributed by atoms with Crippen LogP contribution in [0.25, 0.3) is 11.3 Å². The zero-order chi connectivity index (χ0) is 23.6. The summed E-state index contributed by atoms with van der Waals surface area (Å²) in [5.41, 5.74) is 6.11. The number of nitrogens with zero attached hydrogens (tertiary/aromatic N) is 1. The lowest BCUT2D eigenvalue weighted by Gasteiger charge is -2.30. The molecule has 0 saturated heterocycles. The first-order valence-corrected chi connectivity index (χ1v) is 12.3. The SMILES string of the molecule is Cc1ccc(OCc2ccc(C3CCC(C(F)(F)F)CC3)cc2)c(-c2cc(I)cc(C)n2)c1. The molecule has 1 aromatic heterocycles. The Hall–Kier alpha value is -2.09. The van der Waals surface area contributed by atoms with Crippen LogP contribution in [0.2, 0.25) is 0 Å². The molecule has 1 aliphatic rings. The fourth-order valence-corrected chi connectivity index (χ4v) is 5.28. The van der Waals surface area contributed by atoms with Gasteiger partial charge < -0.3 is 4.74 Å². The summed E-state index contributed by atoms with van der Waals surface area (Å²) >= 11 is 2.30. The Morgan fingerprint density at radius 1 is 0.939 bits per heavy atom. The molecule has 0 atom stereocenters. The summed E-state index contributed by atoms with van der Waals surface area (Å²) in [5.74, 6) is -0.155. The van der Waals surface area contributed by atoms with Crippen LogP contribution in [-0.2, 0) is 6.61 Å². The van der Waals surface area contributed by atoms with Gasteiger partial charge in [-0.3, -0.25) is 4.98 Å². The maximum Gasteiger partial charge on any atom is 0.391 e. The van der Waals surface area contributed by atoms with Crippen molar-refractivity contribution in [2.45, 2.75) is 58.2 Å². The summed E-state index contributed by atoms with van der Waals surface area (Å²) in [6.45, 7) is 4.45. The number of hydrogen-bond donors (Lipinski definition) is 0. The van der Waals surface area contributed by atoms with Gasteiger partial charge >= 0.3 is 6.18 Å². The molecule has 2 aromatic carbocycles. The van der Waals surface area contributed by atoms with E-state index in [0.29, 0.717) is 19.4 Å². The van der Waals surface area contributed by atoms with E-state index in [1.54, 1.807) is 0 Å². The van der Waals surface area contributed by atoms with Gasteiger partial charge in [0.05, 0.1) is 11.6 Å². The number of ether oxygens (including phenoxy) is 1. The van der Waals surface area contributed by atoms with Crippen molar-refractivity contribution in [3.63, 3.8) is 0 Å². The highest BCUT2D eigenvalue weighted by atomic mass is 127. The fourth-order valence-electron chi connectivity index (χ4n) is 4.54. The van der Waals surface area contributed by atoms with Crippen molar-refractivity contribution < 1.29 is 17.9 Å². The second-order valence-corrected chi connectivity index (χ2v) is 10.2. The topological polar surface area (TPSA) is 22.1 Å². The monoisotopic (exact) mass is 565 g/mol. The van der Waals surface area contributed by atoms with Crippen LogP contribution in [0, 0.1) is 23.3 Å². The van der Waals surface area contributed by atoms with Crippen LogP contribution in [0.5, 0.6) is 5.75 Å². The highest BCUT2D eigenvalue weighted by Gasteiger charge is 2.41. The molecule has 0 bridgehead atoms. The minimum Gasteiger partial charge on any atom is -0.488 e. The van der Waals surface area contributed by atoms with Crippen LogP contribution in [-0.4, -0.2) is 11.2 Å². The van der Waals surface area contributed by atoms with Gasteiger partial charge in [-0.05, 0) is 103 Å². The standard InChI is InChI=1S/C27H27F3INO/c1-17-3-12-26(24(13-17)25-15-23(31)14-18(2)32-25)33-16-19-4-6-20(7-5-19)21-8-10-22(11-9-21)27(28,29)30/h3-7,12-15,21-22H,8-11,16H2,1-2H3. The third-order valence-electron chi connectivity index (χ3n) is 6.36. The number of halogens is 4. The van der Waals surface area contributed by atoms with E-state index in [0.717, 1.165) is 43.0 Å². The molecule has 0 aliphatic heterocycles. The van der Waals surface area contributed by atoms with Crippen LogP contribution in [0.3, 0.4) is 0 Å². The first-order chi connectivity index (χ1) is 15.7. The van der Waals surface area contributed by atoms with Crippen molar-refractivity contribution in [1.82, 2.24) is 4.98 Å². The minimum atomic E-state index is -4.06. The third-order valence-corrected chi connectivity index (χ3v) is 6.99. The summed E-state index contributed by atoms with van der Waals surface area (Å²) < 4.78 is 46.1. The van der Waals surface area contributed by atoms with E-state index in [9.17, 15) is 13.2 Å². The molecular weight excluding hydrogens is 538 g/mol. The Morgan fingerprint density at radius 2 is 1.64 bits per heavy atom. The fraction of sp³-hybridized carbons (Fsp3) is 0.370. The molecule has 33 heavy (non-hydrogen) atoms. The molecule has 6 heteroatoms. The van der Waals surface area contributed by atoms with Crippen molar-refractivity contribution in [3.8, 4) is 17.0 Å². The van der Waals surface area contributed by atoms with E-state index in [1.807, 2.05) is 49.4 Å². The highest BCUT2D eigenvalue weighted by Crippen LogP contribution is 2.43. The number of alkyl halides is 3. The average molecular weight is 565 g/mol. The largest absolute Gasteiger partial charge is 0.488 e. The van der Waals surface area contributed by atoms with E-state index in [4.69, 9.17) is 4.74 Å². The summed E-state index contributed by atoms with van der Waals surface area (Å²) in [5, 5.41) is 0. The molecular formula is C27H27F3INO. The second-order valence-electron chi connectivity index (χ2n) is 8.93. The van der Waals surface area contributed by atoms with Crippen LogP contribution >= 0.6 is 22.6 Å². The molecule has 0 amide bonds. The number of rotatable bonds is 5. The van der Waals surface area contributed by atoms with Crippen molar-refractivity contribution >= 4 is 22.6 Å². The number of aromatic nitrogens is 1. The molecule has 1 heterocycles. The Labute approximate surface area is 206 Å². The van der Waals surface area contributed by atoms with Gasteiger partial charge in [0.15, 0.2) is 0 Å². The molecule has 4 rings (SSSR count). The molecule has 1 saturated carbocycles. The quantitative estimate of drug-likeness (QED) is 0.290. The first-order valence-electron chi connectivity index (χ1n) is 11.2. The van der Waals surface area contributed by atoms with E-state index in [1.165, 1.54) is 0 Å². The summed E-state index contributed by atoms with van der Waals surface area (Å²) in [6.07, 6.45) is -2.43. The Morgan fingerprint density at radius 3 is 2.27 bits per heavy atom. The van der Waals surface area contributed by atoms with E-state index >= 15 is 0 Å². The lowest BCUT2D eigenvalue weighted by molar-refractivity contribution is -0.182. The van der Waals surface area contributed by atoms with Crippen LogP contribution in [0.15, 0.2) is 54.6 Å². The number of pyridine rings is 1. The highest BCUT2D eigenvalue weighted by molar-refractivity contribution is 14.1. The molecule has 1 aliphatic carbocycles. The Bertz CT molecular complexity index is 1080. The van der Waals surface area contributed by atoms with E-state index in [2.05, 4.69) is 46.6 Å². The molecule has 0 unspecified atom stereocenters. The van der Waals surface area contributed by atoms with Gasteiger partial charge in [-0.1, -0.05) is 35.9 Å². The van der Waals surface area contributed by atoms with Crippen molar-refractivity contribution in [2.24, 2.45) is 5.92 Å². The molecule has 1 fully saturated rings. The zero-order valence-electron chi connectivity index (χ0n) is 18.8. The average Bonchev–Trinajstić information content (AvgIpc) is 2.77. The Kier molecular flexibility index (Phi) is 7.31. The van der Waals surface area contributed by atoms with Gasteiger partial charge in [0.2, 0.25) is 0 Å². The molecule has 2 nitrogen and oxygen atoms in total. The molecule has 0 spiro atoms. The maximum absolute atomic E-state index is 12.9. The zero-order valence-corrected chi connectivity index (χ0v) is 20.9. The predicted octanol–water partition coefficient (Wildman–Crippen LogP) is 8.39. The first kappa shape index (κ1) is 24.0. The normalized spacial score (nSPS) is 18.8. The molecule has 174 valence electrons. The van der Waals surface area contributed by atoms with Gasteiger partial charge in [0.1, 0.15) is 12.4 Å². The number of aryl methyl sites for hydroxylation is 2. The van der Waals surface area contributed by atoms with Crippen molar-refractivity contribution in [3.05, 3.63) is 80.6 Å². The van der Waals surface area contributed by atoms with Gasteiger partial charge in [0, 0.05) is 14.8 Å². The van der Waals surface area contributed by atoms with Crippen LogP contribution in [0.1, 0.15) is 54.0 Å². The lowest BCUT2D eigenvalue weighted by Crippen LogP contribution is -2.27. The van der Waals surface area contributed by atoms with E-state index in [-0.39, 0.29) is 18.8 Å². The summed E-state index contributed by atoms with van der Waals surface area (Å²) in [4.78, 5) is 4.69. The lowest BCUT2D eigenvalue weighted by atomic mass is 9.78. The van der Waals surface area contributed by atoms with E-state index < -0.39 is 12.1 Å². The smallest absolute Gasteiger partial charge is 0.391 e. The van der Waals surface area contributed by atoms with Gasteiger partial charge in [-0.15, -0.1) is 0 Å². The Balaban J connectivity index is 1.43. The van der Waals surface area contributed by atoms with Crippen LogP contribution in [0.4, 0.5) is 13.2 Å². The van der Waals surface area contributed by atoms with Gasteiger partial charge in [-0.25, -0.2) is 0 Å². The third kappa shape index (κ3) is 6.08. The second kappa shape index (κ2) is 10.0. The minimum absolute atomic E-state index is 0.206. The molecule has 0 radical (unpaired) electrons. The van der Waals surface area contributed by atoms with Crippen molar-refractivity contribution in [2.75, 3.05) is 0 Å². The number of hydrogen-bond acceptors (Lipinski definition) is 2. The predicted molar refractivity (Wildman–Crippen MR) is 133 cm³/mol. The molecule has 3 aromatic rings. The van der Waals surface area contributed by atoms with Gasteiger partial charge in [-0.2, -0.15) is 13.2 Å². The van der Waals surface area contributed by atoms with Crippen molar-refractivity contribution in [1.29, 1.82) is 0 Å². The maximum atomic E-state index is 12.9.